The van der Waals surface area contributed by atoms with Crippen molar-refractivity contribution in [3.8, 4) is 0 Å². The average Bonchev–Trinajstić information content (AvgIpc) is 2.97. The van der Waals surface area contributed by atoms with E-state index in [1.54, 1.807) is 4.47 Å². The van der Waals surface area contributed by atoms with Gasteiger partial charge in [-0.3, -0.25) is 0 Å². The Bertz CT molecular complexity index is 198. The quantitative estimate of drug-likeness (QED) is 0.387. The van der Waals surface area contributed by atoms with Gasteiger partial charge in [0.05, 0.1) is 0 Å². The number of thiol groups is 1. The Kier molecular flexibility index (Phi) is 5.54. The number of hydroxylamine groups is 1. The van der Waals surface area contributed by atoms with E-state index in [0.29, 0.717) is 0 Å². The number of rotatable bonds is 8. The minimum absolute atomic E-state index is 0.861. The standard InChI is InChI=1S/C12H23NOS/c1-4-11-9-12(11)10(3)7-6-8-13(15)14-5-2/h5,10-12,15H,2,4,6-9H2,1,3H3. The summed E-state index contributed by atoms with van der Waals surface area (Å²) in [4.78, 5) is 5.00. The van der Waals surface area contributed by atoms with Crippen LogP contribution in [-0.4, -0.2) is 11.0 Å². The summed E-state index contributed by atoms with van der Waals surface area (Å²) in [7, 11) is 0. The third-order valence-electron chi connectivity index (χ3n) is 3.44. The van der Waals surface area contributed by atoms with Gasteiger partial charge in [0.2, 0.25) is 0 Å². The minimum atomic E-state index is 0.861. The van der Waals surface area contributed by atoms with Crippen LogP contribution in [0.4, 0.5) is 0 Å². The fraction of sp³-hybridized carbons (Fsp3) is 0.833. The first-order valence-corrected chi connectivity index (χ1v) is 6.33. The molecule has 0 amide bonds. The third-order valence-corrected chi connectivity index (χ3v) is 3.73. The molecule has 0 saturated heterocycles. The molecule has 1 fully saturated rings. The lowest BCUT2D eigenvalue weighted by atomic mass is 9.98. The summed E-state index contributed by atoms with van der Waals surface area (Å²) in [6.45, 7) is 9.02. The molecule has 0 aromatic carbocycles. The molecule has 0 heterocycles. The number of hydrogen-bond acceptors (Lipinski definition) is 3. The highest BCUT2D eigenvalue weighted by atomic mass is 32.1. The zero-order chi connectivity index (χ0) is 11.3. The van der Waals surface area contributed by atoms with Gasteiger partial charge in [-0.15, -0.1) is 0 Å². The molecule has 3 atom stereocenters. The second kappa shape index (κ2) is 6.44. The summed E-state index contributed by atoms with van der Waals surface area (Å²) < 4.78 is 1.55. The predicted octanol–water partition coefficient (Wildman–Crippen LogP) is 3.67. The van der Waals surface area contributed by atoms with Crippen molar-refractivity contribution < 1.29 is 4.84 Å². The lowest BCUT2D eigenvalue weighted by Gasteiger charge is -2.15. The topological polar surface area (TPSA) is 12.5 Å². The van der Waals surface area contributed by atoms with Crippen LogP contribution in [0, 0.1) is 17.8 Å². The molecule has 88 valence electrons. The van der Waals surface area contributed by atoms with E-state index in [4.69, 9.17) is 4.84 Å². The van der Waals surface area contributed by atoms with Gasteiger partial charge in [0, 0.05) is 6.54 Å². The molecule has 3 heteroatoms. The zero-order valence-electron chi connectivity index (χ0n) is 9.85. The smallest absolute Gasteiger partial charge is 0.105 e. The lowest BCUT2D eigenvalue weighted by Crippen LogP contribution is -2.12. The van der Waals surface area contributed by atoms with Crippen LogP contribution in [0.2, 0.25) is 0 Å². The first-order valence-electron chi connectivity index (χ1n) is 5.93. The van der Waals surface area contributed by atoms with E-state index in [9.17, 15) is 0 Å². The Labute approximate surface area is 99.2 Å². The van der Waals surface area contributed by atoms with Gasteiger partial charge in [0.15, 0.2) is 0 Å². The molecule has 3 unspecified atom stereocenters. The van der Waals surface area contributed by atoms with Gasteiger partial charge >= 0.3 is 0 Å². The largest absolute Gasteiger partial charge is 0.404 e. The van der Waals surface area contributed by atoms with Crippen molar-refractivity contribution in [1.82, 2.24) is 4.47 Å². The van der Waals surface area contributed by atoms with Crippen molar-refractivity contribution in [1.29, 1.82) is 0 Å². The molecule has 1 aliphatic carbocycles. The second-order valence-electron chi connectivity index (χ2n) is 4.54. The molecule has 2 nitrogen and oxygen atoms in total. The summed E-state index contributed by atoms with van der Waals surface area (Å²) in [6.07, 6.45) is 6.63. The van der Waals surface area contributed by atoms with Gasteiger partial charge in [0.1, 0.15) is 6.26 Å². The van der Waals surface area contributed by atoms with Crippen molar-refractivity contribution in [2.24, 2.45) is 17.8 Å². The van der Waals surface area contributed by atoms with E-state index in [0.717, 1.165) is 30.7 Å². The lowest BCUT2D eigenvalue weighted by molar-refractivity contribution is -0.00172. The summed E-state index contributed by atoms with van der Waals surface area (Å²) in [5, 5.41) is 0. The summed E-state index contributed by atoms with van der Waals surface area (Å²) >= 11 is 4.16. The van der Waals surface area contributed by atoms with E-state index in [-0.39, 0.29) is 0 Å². The molecule has 1 rings (SSSR count). The van der Waals surface area contributed by atoms with Gasteiger partial charge in [-0.25, -0.2) is 0 Å². The van der Waals surface area contributed by atoms with Crippen molar-refractivity contribution in [2.75, 3.05) is 6.54 Å². The van der Waals surface area contributed by atoms with Gasteiger partial charge in [-0.05, 0) is 37.0 Å². The Hall–Kier alpha value is -0.150. The molecular weight excluding hydrogens is 206 g/mol. The van der Waals surface area contributed by atoms with Gasteiger partial charge in [-0.2, -0.15) is 0 Å². The molecule has 0 spiro atoms. The Morgan fingerprint density at radius 1 is 1.67 bits per heavy atom. The van der Waals surface area contributed by atoms with Crippen LogP contribution in [0.3, 0.4) is 0 Å². The van der Waals surface area contributed by atoms with E-state index in [1.165, 1.54) is 25.5 Å². The van der Waals surface area contributed by atoms with Gasteiger partial charge < -0.3 is 4.84 Å². The third kappa shape index (κ3) is 4.47. The maximum atomic E-state index is 5.00. The molecule has 0 aromatic rings. The van der Waals surface area contributed by atoms with Crippen LogP contribution in [0.5, 0.6) is 0 Å². The molecule has 0 bridgehead atoms. The van der Waals surface area contributed by atoms with Crippen LogP contribution < -0.4 is 0 Å². The Morgan fingerprint density at radius 2 is 2.40 bits per heavy atom. The average molecular weight is 229 g/mol. The molecule has 0 aliphatic heterocycles. The SMILES string of the molecule is C=CON(S)CCCC(C)C1CC1CC. The van der Waals surface area contributed by atoms with E-state index in [1.807, 2.05) is 0 Å². The minimum Gasteiger partial charge on any atom is -0.404 e. The number of nitrogens with zero attached hydrogens (tertiary/aromatic N) is 1. The molecule has 1 aliphatic rings. The highest BCUT2D eigenvalue weighted by Gasteiger charge is 2.38. The first kappa shape index (κ1) is 12.9. The maximum absolute atomic E-state index is 5.00. The highest BCUT2D eigenvalue weighted by molar-refractivity contribution is 7.77. The van der Waals surface area contributed by atoms with Gasteiger partial charge in [-0.1, -0.05) is 44.1 Å². The normalized spacial score (nSPS) is 26.4. The first-order chi connectivity index (χ1) is 7.19. The molecule has 0 N–H and O–H groups in total. The van der Waals surface area contributed by atoms with E-state index in [2.05, 4.69) is 33.2 Å². The maximum Gasteiger partial charge on any atom is 0.105 e. The van der Waals surface area contributed by atoms with Crippen molar-refractivity contribution in [3.63, 3.8) is 0 Å². The Morgan fingerprint density at radius 3 is 2.93 bits per heavy atom. The van der Waals surface area contributed by atoms with Crippen molar-refractivity contribution >= 4 is 12.8 Å². The van der Waals surface area contributed by atoms with Crippen molar-refractivity contribution in [3.05, 3.63) is 12.8 Å². The van der Waals surface area contributed by atoms with Crippen LogP contribution >= 0.6 is 12.8 Å². The van der Waals surface area contributed by atoms with Crippen LogP contribution in [0.1, 0.15) is 39.5 Å². The highest BCUT2D eigenvalue weighted by Crippen LogP contribution is 2.47. The Balaban J connectivity index is 2.02. The van der Waals surface area contributed by atoms with Gasteiger partial charge in [0.25, 0.3) is 0 Å². The zero-order valence-corrected chi connectivity index (χ0v) is 10.7. The van der Waals surface area contributed by atoms with Crippen LogP contribution in [-0.2, 0) is 4.84 Å². The van der Waals surface area contributed by atoms with E-state index < -0.39 is 0 Å². The molecule has 15 heavy (non-hydrogen) atoms. The monoisotopic (exact) mass is 229 g/mol. The molecular formula is C12H23NOS. The molecule has 0 radical (unpaired) electrons. The summed E-state index contributed by atoms with van der Waals surface area (Å²) in [5.74, 6) is 2.86. The molecule has 1 saturated carbocycles. The fourth-order valence-electron chi connectivity index (χ4n) is 2.34. The number of hydrogen-bond donors (Lipinski definition) is 1. The summed E-state index contributed by atoms with van der Waals surface area (Å²) in [6, 6.07) is 0. The summed E-state index contributed by atoms with van der Waals surface area (Å²) in [5.41, 5.74) is 0. The predicted molar refractivity (Wildman–Crippen MR) is 67.3 cm³/mol. The van der Waals surface area contributed by atoms with E-state index >= 15 is 0 Å². The second-order valence-corrected chi connectivity index (χ2v) is 4.98. The molecule has 0 aromatic heterocycles. The van der Waals surface area contributed by atoms with Crippen LogP contribution in [0.15, 0.2) is 12.8 Å². The fourth-order valence-corrected chi connectivity index (χ4v) is 2.55. The van der Waals surface area contributed by atoms with Crippen LogP contribution in [0.25, 0.3) is 0 Å². The van der Waals surface area contributed by atoms with Crippen molar-refractivity contribution in [2.45, 2.75) is 39.5 Å².